The zero-order valence-corrected chi connectivity index (χ0v) is 11.2. The van der Waals surface area contributed by atoms with Crippen LogP contribution in [0.3, 0.4) is 0 Å². The summed E-state index contributed by atoms with van der Waals surface area (Å²) in [5.41, 5.74) is 5.11. The van der Waals surface area contributed by atoms with Gasteiger partial charge in [-0.25, -0.2) is 0 Å². The molecule has 0 aromatic rings. The molecule has 3 unspecified atom stereocenters. The van der Waals surface area contributed by atoms with Gasteiger partial charge in [-0.05, 0) is 19.8 Å². The van der Waals surface area contributed by atoms with E-state index in [1.807, 2.05) is 28.5 Å². The highest BCUT2D eigenvalue weighted by Gasteiger charge is 2.28. The van der Waals surface area contributed by atoms with Crippen molar-refractivity contribution in [3.63, 3.8) is 0 Å². The van der Waals surface area contributed by atoms with Crippen LogP contribution in [-0.4, -0.2) is 28.0 Å². The first-order valence-corrected chi connectivity index (χ1v) is 7.95. The van der Waals surface area contributed by atoms with Gasteiger partial charge in [-0.3, -0.25) is 5.32 Å². The fourth-order valence-corrected chi connectivity index (χ4v) is 4.58. The molecule has 1 aliphatic heterocycles. The van der Waals surface area contributed by atoms with Gasteiger partial charge in [0.2, 0.25) is 0 Å². The first-order chi connectivity index (χ1) is 7.03. The molecule has 90 valence electrons. The lowest BCUT2D eigenvalue weighted by Gasteiger charge is -2.30. The fraction of sp³-hybridized carbons (Fsp3) is 1.00. The number of hydrogen-bond acceptors (Lipinski definition) is 5. The van der Waals surface area contributed by atoms with Crippen molar-refractivity contribution < 1.29 is 5.11 Å². The van der Waals surface area contributed by atoms with E-state index in [-0.39, 0.29) is 6.04 Å². The Balaban J connectivity index is 2.29. The molecule has 0 aromatic heterocycles. The largest absolute Gasteiger partial charge is 0.376 e. The van der Waals surface area contributed by atoms with Crippen molar-refractivity contribution in [2.24, 2.45) is 5.73 Å². The molecule has 0 bridgehead atoms. The summed E-state index contributed by atoms with van der Waals surface area (Å²) in [4.78, 5) is 0. The van der Waals surface area contributed by atoms with Crippen molar-refractivity contribution >= 4 is 21.6 Å². The highest BCUT2D eigenvalue weighted by molar-refractivity contribution is 8.77. The standard InChI is InChI=1S/C10H22N2OS2/c1-3-4-8(11)7-10(2,13)12-9-5-6-14-15-9/h8-9,12-13H,3-7,11H2,1-2H3. The monoisotopic (exact) mass is 250 g/mol. The second kappa shape index (κ2) is 6.35. The van der Waals surface area contributed by atoms with Gasteiger partial charge in [0.05, 0.1) is 5.37 Å². The summed E-state index contributed by atoms with van der Waals surface area (Å²) in [7, 11) is 3.68. The maximum atomic E-state index is 10.2. The summed E-state index contributed by atoms with van der Waals surface area (Å²) in [6.45, 7) is 3.94. The molecule has 3 atom stereocenters. The van der Waals surface area contributed by atoms with Crippen LogP contribution in [0.25, 0.3) is 0 Å². The molecule has 1 saturated heterocycles. The van der Waals surface area contributed by atoms with Crippen molar-refractivity contribution in [1.29, 1.82) is 0 Å². The topological polar surface area (TPSA) is 58.3 Å². The Morgan fingerprint density at radius 2 is 2.40 bits per heavy atom. The van der Waals surface area contributed by atoms with Crippen molar-refractivity contribution in [3.8, 4) is 0 Å². The van der Waals surface area contributed by atoms with Crippen molar-refractivity contribution in [1.82, 2.24) is 5.32 Å². The van der Waals surface area contributed by atoms with E-state index in [1.165, 1.54) is 5.75 Å². The maximum absolute atomic E-state index is 10.2. The summed E-state index contributed by atoms with van der Waals surface area (Å²) < 4.78 is 0. The van der Waals surface area contributed by atoms with Crippen LogP contribution < -0.4 is 11.1 Å². The fourth-order valence-electron chi connectivity index (χ4n) is 1.82. The quantitative estimate of drug-likeness (QED) is 0.497. The molecular weight excluding hydrogens is 228 g/mol. The molecule has 0 amide bonds. The van der Waals surface area contributed by atoms with Gasteiger partial charge in [0.1, 0.15) is 5.72 Å². The minimum atomic E-state index is -0.822. The zero-order valence-electron chi connectivity index (χ0n) is 9.53. The average molecular weight is 250 g/mol. The second-order valence-corrected chi connectivity index (χ2v) is 7.06. The summed E-state index contributed by atoms with van der Waals surface area (Å²) in [6.07, 6.45) is 3.80. The van der Waals surface area contributed by atoms with Gasteiger partial charge in [-0.2, -0.15) is 0 Å². The van der Waals surface area contributed by atoms with Crippen LogP contribution in [0.4, 0.5) is 0 Å². The molecule has 1 fully saturated rings. The Kier molecular flexibility index (Phi) is 5.77. The summed E-state index contributed by atoms with van der Waals surface area (Å²) in [5.74, 6) is 1.17. The van der Waals surface area contributed by atoms with E-state index in [1.54, 1.807) is 0 Å². The third-order valence-electron chi connectivity index (χ3n) is 2.44. The molecule has 15 heavy (non-hydrogen) atoms. The molecule has 3 nitrogen and oxygen atoms in total. The lowest BCUT2D eigenvalue weighted by atomic mass is 10.0. The Morgan fingerprint density at radius 3 is 2.93 bits per heavy atom. The summed E-state index contributed by atoms with van der Waals surface area (Å²) in [6, 6.07) is 0.0940. The molecule has 0 saturated carbocycles. The third kappa shape index (κ3) is 5.45. The van der Waals surface area contributed by atoms with Crippen molar-refractivity contribution in [3.05, 3.63) is 0 Å². The van der Waals surface area contributed by atoms with Gasteiger partial charge in [-0.15, -0.1) is 0 Å². The predicted molar refractivity (Wildman–Crippen MR) is 69.7 cm³/mol. The average Bonchev–Trinajstić information content (AvgIpc) is 2.54. The third-order valence-corrected chi connectivity index (χ3v) is 5.17. The zero-order chi connectivity index (χ0) is 11.3. The van der Waals surface area contributed by atoms with Crippen LogP contribution in [-0.2, 0) is 0 Å². The first-order valence-electron chi connectivity index (χ1n) is 5.57. The highest BCUT2D eigenvalue weighted by atomic mass is 33.1. The number of aliphatic hydroxyl groups is 1. The Labute approximate surface area is 100 Å². The molecule has 0 radical (unpaired) electrons. The van der Waals surface area contributed by atoms with Crippen LogP contribution in [0.15, 0.2) is 0 Å². The van der Waals surface area contributed by atoms with Gasteiger partial charge in [0.25, 0.3) is 0 Å². The molecular formula is C10H22N2OS2. The SMILES string of the molecule is CCCC(N)CC(C)(O)NC1CCSS1. The number of rotatable bonds is 6. The summed E-state index contributed by atoms with van der Waals surface area (Å²) >= 11 is 0. The normalized spacial score (nSPS) is 27.6. The van der Waals surface area contributed by atoms with Gasteiger partial charge in [0, 0.05) is 18.2 Å². The predicted octanol–water partition coefficient (Wildman–Crippen LogP) is 1.91. The van der Waals surface area contributed by atoms with Gasteiger partial charge in [-0.1, -0.05) is 34.9 Å². The number of nitrogens with one attached hydrogen (secondary N) is 1. The lowest BCUT2D eigenvalue weighted by Crippen LogP contribution is -2.49. The van der Waals surface area contributed by atoms with Crippen molar-refractivity contribution in [2.75, 3.05) is 5.75 Å². The second-order valence-electron chi connectivity index (χ2n) is 4.37. The first kappa shape index (κ1) is 13.6. The molecule has 1 heterocycles. The van der Waals surface area contributed by atoms with E-state index in [0.29, 0.717) is 11.8 Å². The smallest absolute Gasteiger partial charge is 0.115 e. The lowest BCUT2D eigenvalue weighted by molar-refractivity contribution is 0.00633. The van der Waals surface area contributed by atoms with Gasteiger partial charge < -0.3 is 10.8 Å². The van der Waals surface area contributed by atoms with Crippen molar-refractivity contribution in [2.45, 2.75) is 56.7 Å². The Morgan fingerprint density at radius 1 is 1.67 bits per heavy atom. The molecule has 0 aliphatic carbocycles. The van der Waals surface area contributed by atoms with E-state index < -0.39 is 5.72 Å². The van der Waals surface area contributed by atoms with Gasteiger partial charge >= 0.3 is 0 Å². The van der Waals surface area contributed by atoms with Crippen LogP contribution >= 0.6 is 21.6 Å². The van der Waals surface area contributed by atoms with Crippen LogP contribution in [0.2, 0.25) is 0 Å². The molecule has 1 aliphatic rings. The number of nitrogens with two attached hydrogens (primary N) is 1. The number of hydrogen-bond donors (Lipinski definition) is 3. The van der Waals surface area contributed by atoms with E-state index in [4.69, 9.17) is 5.73 Å². The molecule has 1 rings (SSSR count). The molecule has 0 aromatic carbocycles. The maximum Gasteiger partial charge on any atom is 0.115 e. The van der Waals surface area contributed by atoms with E-state index >= 15 is 0 Å². The molecule has 0 spiro atoms. The van der Waals surface area contributed by atoms with Crippen LogP contribution in [0.1, 0.15) is 39.5 Å². The molecule has 4 N–H and O–H groups in total. The van der Waals surface area contributed by atoms with Crippen LogP contribution in [0.5, 0.6) is 0 Å². The minimum absolute atomic E-state index is 0.0940. The van der Waals surface area contributed by atoms with Crippen LogP contribution in [0, 0.1) is 0 Å². The minimum Gasteiger partial charge on any atom is -0.376 e. The van der Waals surface area contributed by atoms with E-state index in [0.717, 1.165) is 19.3 Å². The van der Waals surface area contributed by atoms with E-state index in [2.05, 4.69) is 12.2 Å². The van der Waals surface area contributed by atoms with Gasteiger partial charge in [0.15, 0.2) is 0 Å². The summed E-state index contributed by atoms with van der Waals surface area (Å²) in [5, 5.41) is 13.8. The van der Waals surface area contributed by atoms with E-state index in [9.17, 15) is 5.11 Å². The highest BCUT2D eigenvalue weighted by Crippen LogP contribution is 2.37. The Bertz CT molecular complexity index is 184. The Hall–Kier alpha value is 0.580. The molecule has 5 heteroatoms.